The molecule has 0 saturated carbocycles. The van der Waals surface area contributed by atoms with Crippen LogP contribution in [0.2, 0.25) is 0 Å². The third kappa shape index (κ3) is 3.81. The molecule has 0 spiro atoms. The summed E-state index contributed by atoms with van der Waals surface area (Å²) in [4.78, 5) is 0. The summed E-state index contributed by atoms with van der Waals surface area (Å²) in [7, 11) is 0. The lowest BCUT2D eigenvalue weighted by Gasteiger charge is -2.21. The molecule has 46 heavy (non-hydrogen) atoms. The van der Waals surface area contributed by atoms with Crippen LogP contribution >= 0.6 is 0 Å². The maximum Gasteiger partial charge on any atom is -0.000719 e. The largest absolute Gasteiger partial charge is 0.0984 e. The highest BCUT2D eigenvalue weighted by molar-refractivity contribution is 6.31. The molecule has 0 bridgehead atoms. The molecule has 1 aliphatic carbocycles. The first-order chi connectivity index (χ1) is 22.7. The van der Waals surface area contributed by atoms with Gasteiger partial charge in [0.05, 0.1) is 0 Å². The molecule has 0 heteroatoms. The quantitative estimate of drug-likeness (QED) is 0.181. The molecule has 0 nitrogen and oxygen atoms in total. The molecule has 0 radical (unpaired) electrons. The minimum absolute atomic E-state index is 0.994. The van der Waals surface area contributed by atoms with Crippen molar-refractivity contribution in [2.75, 3.05) is 0 Å². The Morgan fingerprint density at radius 3 is 1.83 bits per heavy atom. The van der Waals surface area contributed by atoms with E-state index in [2.05, 4.69) is 159 Å². The Hall–Kier alpha value is -5.98. The average Bonchev–Trinajstić information content (AvgIpc) is 3.43. The van der Waals surface area contributed by atoms with Gasteiger partial charge in [-0.15, -0.1) is 0 Å². The van der Waals surface area contributed by atoms with Crippen molar-refractivity contribution in [2.45, 2.75) is 0 Å². The summed E-state index contributed by atoms with van der Waals surface area (Å²) in [6, 6.07) is 55.2. The first kappa shape index (κ1) is 26.4. The second kappa shape index (κ2) is 10.3. The van der Waals surface area contributed by atoms with Crippen LogP contribution in [0.4, 0.5) is 0 Å². The molecule has 0 aromatic heterocycles. The Bertz CT molecular complexity index is 2640. The number of benzene rings is 8. The molecule has 0 saturated heterocycles. The first-order valence-electron chi connectivity index (χ1n) is 15.8. The van der Waals surface area contributed by atoms with E-state index in [0.717, 1.165) is 21.6 Å². The molecule has 0 fully saturated rings. The summed E-state index contributed by atoms with van der Waals surface area (Å²) in [5, 5.41) is 9.77. The summed E-state index contributed by atoms with van der Waals surface area (Å²) >= 11 is 0. The van der Waals surface area contributed by atoms with Crippen molar-refractivity contribution >= 4 is 44.5 Å². The van der Waals surface area contributed by atoms with Crippen molar-refractivity contribution in [1.29, 1.82) is 0 Å². The SMILES string of the molecule is C=C/C(c1ccc2c(-c3ccccc3)c3c(c(-c4ccccc4)c2c1)-c1cc2ccccc2c2cccc-3c12)=c1/ccccc1=C. The second-order valence-corrected chi connectivity index (χ2v) is 12.1. The lowest BCUT2D eigenvalue weighted by atomic mass is 9.81. The molecule has 8 aromatic rings. The predicted octanol–water partition coefficient (Wildman–Crippen LogP) is 10.9. The molecule has 0 atom stereocenters. The highest BCUT2D eigenvalue weighted by Gasteiger charge is 2.31. The molecule has 0 amide bonds. The Morgan fingerprint density at radius 1 is 0.457 bits per heavy atom. The number of fused-ring (bicyclic) bond motifs is 6. The minimum atomic E-state index is 0.994. The summed E-state index contributed by atoms with van der Waals surface area (Å²) < 4.78 is 0. The first-order valence-corrected chi connectivity index (χ1v) is 15.8. The van der Waals surface area contributed by atoms with E-state index in [9.17, 15) is 0 Å². The zero-order chi connectivity index (χ0) is 30.8. The van der Waals surface area contributed by atoms with Crippen molar-refractivity contribution in [1.82, 2.24) is 0 Å². The highest BCUT2D eigenvalue weighted by atomic mass is 14.3. The third-order valence-electron chi connectivity index (χ3n) is 9.68. The topological polar surface area (TPSA) is 0 Å². The number of hydrogen-bond donors (Lipinski definition) is 0. The lowest BCUT2D eigenvalue weighted by Crippen LogP contribution is -2.24. The smallest absolute Gasteiger partial charge is 0.000719 e. The van der Waals surface area contributed by atoms with Crippen LogP contribution in [0.5, 0.6) is 0 Å². The maximum atomic E-state index is 4.34. The van der Waals surface area contributed by atoms with Crippen molar-refractivity contribution in [3.63, 3.8) is 0 Å². The van der Waals surface area contributed by atoms with E-state index in [1.807, 2.05) is 12.1 Å². The maximum absolute atomic E-state index is 4.34. The van der Waals surface area contributed by atoms with Crippen LogP contribution in [0.3, 0.4) is 0 Å². The number of hydrogen-bond acceptors (Lipinski definition) is 0. The highest BCUT2D eigenvalue weighted by Crippen LogP contribution is 2.58. The summed E-state index contributed by atoms with van der Waals surface area (Å²) in [5.74, 6) is 0. The summed E-state index contributed by atoms with van der Waals surface area (Å²) in [6.07, 6.45) is 1.97. The fourth-order valence-electron chi connectivity index (χ4n) is 7.74. The molecule has 0 unspecified atom stereocenters. The Balaban J connectivity index is 1.53. The lowest BCUT2D eigenvalue weighted by molar-refractivity contribution is 1.49. The molecule has 0 heterocycles. The van der Waals surface area contributed by atoms with Crippen molar-refractivity contribution < 1.29 is 0 Å². The average molecular weight is 583 g/mol. The van der Waals surface area contributed by atoms with Crippen LogP contribution in [-0.2, 0) is 0 Å². The van der Waals surface area contributed by atoms with Gasteiger partial charge < -0.3 is 0 Å². The molecule has 1 aliphatic rings. The third-order valence-corrected chi connectivity index (χ3v) is 9.68. The van der Waals surface area contributed by atoms with Gasteiger partial charge in [0.2, 0.25) is 0 Å². The molecule has 214 valence electrons. The van der Waals surface area contributed by atoms with E-state index in [4.69, 9.17) is 0 Å². The van der Waals surface area contributed by atoms with Crippen LogP contribution in [0, 0.1) is 0 Å². The van der Waals surface area contributed by atoms with Gasteiger partial charge in [0.25, 0.3) is 0 Å². The van der Waals surface area contributed by atoms with Crippen LogP contribution in [0.1, 0.15) is 5.56 Å². The van der Waals surface area contributed by atoms with E-state index >= 15 is 0 Å². The van der Waals surface area contributed by atoms with Gasteiger partial charge in [-0.3, -0.25) is 0 Å². The van der Waals surface area contributed by atoms with Crippen molar-refractivity contribution in [2.24, 2.45) is 0 Å². The summed E-state index contributed by atoms with van der Waals surface area (Å²) in [6.45, 7) is 8.60. The van der Waals surface area contributed by atoms with Gasteiger partial charge >= 0.3 is 0 Å². The Labute approximate surface area is 268 Å². The van der Waals surface area contributed by atoms with Crippen LogP contribution in [0.15, 0.2) is 164 Å². The zero-order valence-electron chi connectivity index (χ0n) is 25.4. The Morgan fingerprint density at radius 2 is 1.09 bits per heavy atom. The molecule has 9 rings (SSSR count). The van der Waals surface area contributed by atoms with Crippen LogP contribution in [0.25, 0.3) is 89.0 Å². The van der Waals surface area contributed by atoms with Crippen molar-refractivity contribution in [3.05, 3.63) is 180 Å². The Kier molecular flexibility index (Phi) is 5.91. The van der Waals surface area contributed by atoms with E-state index in [1.165, 1.54) is 76.8 Å². The van der Waals surface area contributed by atoms with Gasteiger partial charge in [0.15, 0.2) is 0 Å². The fourth-order valence-corrected chi connectivity index (χ4v) is 7.74. The van der Waals surface area contributed by atoms with Crippen LogP contribution in [-0.4, -0.2) is 0 Å². The van der Waals surface area contributed by atoms with Gasteiger partial charge in [-0.25, -0.2) is 0 Å². The molecule has 0 N–H and O–H groups in total. The van der Waals surface area contributed by atoms with E-state index in [1.54, 1.807) is 0 Å². The second-order valence-electron chi connectivity index (χ2n) is 12.1. The fraction of sp³-hybridized carbons (Fsp3) is 0. The van der Waals surface area contributed by atoms with Crippen molar-refractivity contribution in [3.8, 4) is 44.5 Å². The monoisotopic (exact) mass is 582 g/mol. The van der Waals surface area contributed by atoms with E-state index < -0.39 is 0 Å². The standard InChI is InChI=1S/C46H30/c1-3-34(35-21-12-10-15-29(35)2)33-25-26-38-40(27-33)43(31-18-8-5-9-19-31)46-41-28-32-20-11-13-22-36(32)37-23-14-24-39(44(37)41)45(46)42(38)30-16-6-4-7-17-30/h3-28H,1-2H2/b35-34+. The van der Waals surface area contributed by atoms with Gasteiger partial charge in [0, 0.05) is 0 Å². The van der Waals surface area contributed by atoms with Gasteiger partial charge in [-0.05, 0) is 111 Å². The molecular weight excluding hydrogens is 553 g/mol. The zero-order valence-corrected chi connectivity index (χ0v) is 25.4. The van der Waals surface area contributed by atoms with Gasteiger partial charge in [-0.2, -0.15) is 0 Å². The van der Waals surface area contributed by atoms with Gasteiger partial charge in [-0.1, -0.05) is 159 Å². The predicted molar refractivity (Wildman–Crippen MR) is 198 cm³/mol. The van der Waals surface area contributed by atoms with E-state index in [-0.39, 0.29) is 0 Å². The molecule has 8 aromatic carbocycles. The number of rotatable bonds is 4. The molecule has 0 aliphatic heterocycles. The van der Waals surface area contributed by atoms with Crippen LogP contribution < -0.4 is 10.4 Å². The number of allylic oxidation sites excluding steroid dienone is 1. The molecular formula is C46H30. The minimum Gasteiger partial charge on any atom is -0.0984 e. The van der Waals surface area contributed by atoms with E-state index in [0.29, 0.717) is 0 Å². The van der Waals surface area contributed by atoms with Gasteiger partial charge in [0.1, 0.15) is 0 Å². The normalized spacial score (nSPS) is 12.4. The summed E-state index contributed by atoms with van der Waals surface area (Å²) in [5.41, 5.74) is 12.4.